The first-order chi connectivity index (χ1) is 8.85. The summed E-state index contributed by atoms with van der Waals surface area (Å²) in [5.41, 5.74) is 0.221. The van der Waals surface area contributed by atoms with Gasteiger partial charge in [-0.1, -0.05) is 12.1 Å². The summed E-state index contributed by atoms with van der Waals surface area (Å²) in [5.74, 6) is 0.720. The summed E-state index contributed by atoms with van der Waals surface area (Å²) >= 11 is 0. The molecule has 19 heavy (non-hydrogen) atoms. The second-order valence-electron chi connectivity index (χ2n) is 5.15. The average Bonchev–Trinajstić information content (AvgIpc) is 2.34. The van der Waals surface area contributed by atoms with Gasteiger partial charge in [-0.25, -0.2) is 4.79 Å². The van der Waals surface area contributed by atoms with Crippen LogP contribution < -0.4 is 10.1 Å². The van der Waals surface area contributed by atoms with Gasteiger partial charge in [-0.2, -0.15) is 0 Å². The summed E-state index contributed by atoms with van der Waals surface area (Å²) < 4.78 is 10.2. The summed E-state index contributed by atoms with van der Waals surface area (Å²) in [6.07, 6.45) is -0.553. The molecule has 5 nitrogen and oxygen atoms in total. The molecule has 0 saturated carbocycles. The molecule has 0 radical (unpaired) electrons. The van der Waals surface area contributed by atoms with E-state index in [0.717, 1.165) is 11.3 Å². The number of hydrogen-bond donors (Lipinski definition) is 2. The number of carbonyl (C=O) groups is 1. The topological polar surface area (TPSA) is 67.8 Å². The highest BCUT2D eigenvalue weighted by Gasteiger charge is 2.20. The van der Waals surface area contributed by atoms with Crippen LogP contribution in [0.3, 0.4) is 0 Å². The third-order valence-electron chi connectivity index (χ3n) is 2.39. The van der Waals surface area contributed by atoms with E-state index in [1.165, 1.54) is 0 Å². The monoisotopic (exact) mass is 267 g/mol. The van der Waals surface area contributed by atoms with Gasteiger partial charge in [-0.3, -0.25) is 0 Å². The smallest absolute Gasteiger partial charge is 0.408 e. The first-order valence-electron chi connectivity index (χ1n) is 6.10. The third kappa shape index (κ3) is 5.18. The van der Waals surface area contributed by atoms with Crippen molar-refractivity contribution in [3.63, 3.8) is 0 Å². The summed E-state index contributed by atoms with van der Waals surface area (Å²) in [4.78, 5) is 11.7. The lowest BCUT2D eigenvalue weighted by Gasteiger charge is -2.23. The molecular formula is C14H21NO4. The van der Waals surface area contributed by atoms with E-state index in [9.17, 15) is 9.90 Å². The van der Waals surface area contributed by atoms with Gasteiger partial charge in [0.15, 0.2) is 0 Å². The number of nitrogens with one attached hydrogen (secondary N) is 1. The third-order valence-corrected chi connectivity index (χ3v) is 2.39. The van der Waals surface area contributed by atoms with Crippen molar-refractivity contribution >= 4 is 6.09 Å². The van der Waals surface area contributed by atoms with Crippen molar-refractivity contribution in [2.75, 3.05) is 13.7 Å². The maximum atomic E-state index is 11.7. The molecule has 0 heterocycles. The number of aliphatic hydroxyl groups excluding tert-OH is 1. The van der Waals surface area contributed by atoms with Gasteiger partial charge in [0.25, 0.3) is 0 Å². The molecule has 0 spiro atoms. The lowest BCUT2D eigenvalue weighted by atomic mass is 10.1. The number of rotatable bonds is 4. The molecule has 1 atom stereocenters. The van der Waals surface area contributed by atoms with Gasteiger partial charge in [-0.15, -0.1) is 0 Å². The maximum absolute atomic E-state index is 11.7. The molecule has 0 aliphatic rings. The van der Waals surface area contributed by atoms with Crippen LogP contribution in [0.25, 0.3) is 0 Å². The van der Waals surface area contributed by atoms with Crippen LogP contribution in [0.1, 0.15) is 32.4 Å². The molecule has 1 aromatic rings. The second-order valence-corrected chi connectivity index (χ2v) is 5.15. The molecule has 1 rings (SSSR count). The van der Waals surface area contributed by atoms with Gasteiger partial charge in [0, 0.05) is 0 Å². The Labute approximate surface area is 113 Å². The van der Waals surface area contributed by atoms with E-state index < -0.39 is 17.7 Å². The number of amides is 1. The molecule has 0 aromatic heterocycles. The SMILES string of the molecule is COc1ccc([C@@H](CO)NC(=O)OC(C)(C)C)cc1. The van der Waals surface area contributed by atoms with Crippen molar-refractivity contribution in [3.8, 4) is 5.75 Å². The number of alkyl carbamates (subject to hydrolysis) is 1. The number of methoxy groups -OCH3 is 1. The van der Waals surface area contributed by atoms with Crippen molar-refractivity contribution in [1.82, 2.24) is 5.32 Å². The maximum Gasteiger partial charge on any atom is 0.408 e. The lowest BCUT2D eigenvalue weighted by Crippen LogP contribution is -2.36. The molecule has 2 N–H and O–H groups in total. The first kappa shape index (κ1) is 15.3. The van der Waals surface area contributed by atoms with E-state index in [-0.39, 0.29) is 6.61 Å². The van der Waals surface area contributed by atoms with Gasteiger partial charge in [0.2, 0.25) is 0 Å². The van der Waals surface area contributed by atoms with Gasteiger partial charge >= 0.3 is 6.09 Å². The Morgan fingerprint density at radius 1 is 1.32 bits per heavy atom. The van der Waals surface area contributed by atoms with Crippen LogP contribution in [0.5, 0.6) is 5.75 Å². The Balaban J connectivity index is 2.69. The average molecular weight is 267 g/mol. The van der Waals surface area contributed by atoms with E-state index in [0.29, 0.717) is 0 Å². The molecule has 0 saturated heterocycles. The molecule has 0 aliphatic carbocycles. The van der Waals surface area contributed by atoms with E-state index in [2.05, 4.69) is 5.32 Å². The minimum Gasteiger partial charge on any atom is -0.497 e. The zero-order valence-corrected chi connectivity index (χ0v) is 11.8. The highest BCUT2D eigenvalue weighted by atomic mass is 16.6. The number of aliphatic hydroxyl groups is 1. The van der Waals surface area contributed by atoms with Crippen LogP contribution in [0.15, 0.2) is 24.3 Å². The van der Waals surface area contributed by atoms with Crippen LogP contribution in [-0.2, 0) is 4.74 Å². The number of carbonyl (C=O) groups excluding carboxylic acids is 1. The zero-order chi connectivity index (χ0) is 14.5. The highest BCUT2D eigenvalue weighted by molar-refractivity contribution is 5.68. The van der Waals surface area contributed by atoms with Gasteiger partial charge in [0.05, 0.1) is 19.8 Å². The predicted molar refractivity (Wildman–Crippen MR) is 72.2 cm³/mol. The summed E-state index contributed by atoms with van der Waals surface area (Å²) in [5, 5.41) is 12.0. The molecule has 0 bridgehead atoms. The summed E-state index contributed by atoms with van der Waals surface area (Å²) in [6.45, 7) is 5.15. The molecule has 0 unspecified atom stereocenters. The van der Waals surface area contributed by atoms with Gasteiger partial charge in [-0.05, 0) is 38.5 Å². The fraction of sp³-hybridized carbons (Fsp3) is 0.500. The fourth-order valence-electron chi connectivity index (χ4n) is 1.52. The van der Waals surface area contributed by atoms with Crippen LogP contribution in [0, 0.1) is 0 Å². The summed E-state index contributed by atoms with van der Waals surface area (Å²) in [7, 11) is 1.58. The zero-order valence-electron chi connectivity index (χ0n) is 11.8. The normalized spacial score (nSPS) is 12.7. The van der Waals surface area contributed by atoms with Gasteiger partial charge < -0.3 is 19.9 Å². The van der Waals surface area contributed by atoms with E-state index >= 15 is 0 Å². The highest BCUT2D eigenvalue weighted by Crippen LogP contribution is 2.18. The van der Waals surface area contributed by atoms with E-state index in [1.54, 1.807) is 52.1 Å². The molecule has 0 fully saturated rings. The Bertz CT molecular complexity index is 408. The molecule has 5 heteroatoms. The Kier molecular flexibility index (Phi) is 5.18. The second kappa shape index (κ2) is 6.43. The van der Waals surface area contributed by atoms with Crippen molar-refractivity contribution < 1.29 is 19.4 Å². The largest absolute Gasteiger partial charge is 0.497 e. The standard InChI is InChI=1S/C14H21NO4/c1-14(2,3)19-13(17)15-12(9-16)10-5-7-11(18-4)8-6-10/h5-8,12,16H,9H2,1-4H3,(H,15,17)/t12-/m1/s1. The Morgan fingerprint density at radius 3 is 2.32 bits per heavy atom. The molecule has 106 valence electrons. The van der Waals surface area contributed by atoms with Crippen LogP contribution in [0.4, 0.5) is 4.79 Å². The van der Waals surface area contributed by atoms with Crippen molar-refractivity contribution in [2.45, 2.75) is 32.4 Å². The van der Waals surface area contributed by atoms with E-state index in [4.69, 9.17) is 9.47 Å². The van der Waals surface area contributed by atoms with Crippen molar-refractivity contribution in [3.05, 3.63) is 29.8 Å². The molecule has 1 aromatic carbocycles. The molecule has 0 aliphatic heterocycles. The van der Waals surface area contributed by atoms with Crippen LogP contribution >= 0.6 is 0 Å². The fourth-order valence-corrected chi connectivity index (χ4v) is 1.52. The number of benzene rings is 1. The Morgan fingerprint density at radius 2 is 1.89 bits per heavy atom. The summed E-state index contributed by atoms with van der Waals surface area (Å²) in [6, 6.07) is 6.62. The lowest BCUT2D eigenvalue weighted by molar-refractivity contribution is 0.0482. The predicted octanol–water partition coefficient (Wildman–Crippen LogP) is 2.25. The number of ether oxygens (including phenoxy) is 2. The minimum atomic E-state index is -0.565. The van der Waals surface area contributed by atoms with Crippen LogP contribution in [0.2, 0.25) is 0 Å². The Hall–Kier alpha value is -1.75. The van der Waals surface area contributed by atoms with Crippen LogP contribution in [-0.4, -0.2) is 30.5 Å². The quantitative estimate of drug-likeness (QED) is 0.878. The molecule has 1 amide bonds. The van der Waals surface area contributed by atoms with Crippen molar-refractivity contribution in [2.24, 2.45) is 0 Å². The first-order valence-corrected chi connectivity index (χ1v) is 6.10. The molecular weight excluding hydrogens is 246 g/mol. The minimum absolute atomic E-state index is 0.203. The number of hydrogen-bond acceptors (Lipinski definition) is 4. The van der Waals surface area contributed by atoms with Crippen molar-refractivity contribution in [1.29, 1.82) is 0 Å². The van der Waals surface area contributed by atoms with Gasteiger partial charge in [0.1, 0.15) is 11.4 Å². The van der Waals surface area contributed by atoms with E-state index in [1.807, 2.05) is 0 Å².